The second-order valence-corrected chi connectivity index (χ2v) is 17.8. The lowest BCUT2D eigenvalue weighted by atomic mass is 9.86. The molecular formula is C49H52N2. The predicted octanol–water partition coefficient (Wildman–Crippen LogP) is 14.2. The minimum atomic E-state index is 0.0677. The molecule has 51 heavy (non-hydrogen) atoms. The second-order valence-electron chi connectivity index (χ2n) is 17.8. The van der Waals surface area contributed by atoms with Gasteiger partial charge in [-0.2, -0.15) is 0 Å². The summed E-state index contributed by atoms with van der Waals surface area (Å²) < 4.78 is 4.88. The molecule has 0 aliphatic rings. The lowest BCUT2D eigenvalue weighted by Gasteiger charge is -2.20. The van der Waals surface area contributed by atoms with Crippen molar-refractivity contribution in [1.82, 2.24) is 9.13 Å². The largest absolute Gasteiger partial charge is 0.309 e. The Morgan fingerprint density at radius 3 is 1.06 bits per heavy atom. The smallest absolute Gasteiger partial charge is 0.0544 e. The topological polar surface area (TPSA) is 9.86 Å². The predicted molar refractivity (Wildman–Crippen MR) is 223 cm³/mol. The summed E-state index contributed by atoms with van der Waals surface area (Å²) >= 11 is 0. The van der Waals surface area contributed by atoms with Gasteiger partial charge >= 0.3 is 0 Å². The third-order valence-electron chi connectivity index (χ3n) is 9.62. The van der Waals surface area contributed by atoms with Crippen LogP contribution in [0.15, 0.2) is 133 Å². The summed E-state index contributed by atoms with van der Waals surface area (Å²) in [6.07, 6.45) is 0. The summed E-state index contributed by atoms with van der Waals surface area (Å²) in [5.74, 6) is 0. The van der Waals surface area contributed by atoms with Crippen LogP contribution in [-0.2, 0) is 10.8 Å². The SMILES string of the molecule is CC(C)(C)C.CC(C)(C)c1ccc2c3ccccc3n(-c3cccc(-c4cccc(-n5c6ccccc6c6ccc(C(C)(C)C)cc65)c4)c3)c2c1. The molecule has 0 aliphatic heterocycles. The number of para-hydroxylation sites is 2. The summed E-state index contributed by atoms with van der Waals surface area (Å²) in [6.45, 7) is 22.5. The van der Waals surface area contributed by atoms with Crippen molar-refractivity contribution in [2.45, 2.75) is 80.1 Å². The van der Waals surface area contributed by atoms with Crippen LogP contribution in [0.4, 0.5) is 0 Å². The van der Waals surface area contributed by atoms with Crippen molar-refractivity contribution in [3.63, 3.8) is 0 Å². The quantitative estimate of drug-likeness (QED) is 0.177. The van der Waals surface area contributed by atoms with Gasteiger partial charge in [0.1, 0.15) is 0 Å². The number of hydrogen-bond donors (Lipinski definition) is 0. The number of benzene rings is 6. The van der Waals surface area contributed by atoms with Gasteiger partial charge < -0.3 is 9.13 Å². The van der Waals surface area contributed by atoms with E-state index in [1.54, 1.807) is 0 Å². The van der Waals surface area contributed by atoms with Gasteiger partial charge in [0, 0.05) is 32.9 Å². The molecule has 0 saturated heterocycles. The Labute approximate surface area is 304 Å². The molecule has 2 heterocycles. The molecule has 0 N–H and O–H groups in total. The first-order chi connectivity index (χ1) is 24.1. The fraction of sp³-hybridized carbons (Fsp3) is 0.265. The van der Waals surface area contributed by atoms with Gasteiger partial charge in [0.2, 0.25) is 0 Å². The first kappa shape index (κ1) is 34.4. The van der Waals surface area contributed by atoms with Crippen LogP contribution in [0.25, 0.3) is 66.1 Å². The van der Waals surface area contributed by atoms with Crippen molar-refractivity contribution in [2.75, 3.05) is 0 Å². The third-order valence-corrected chi connectivity index (χ3v) is 9.62. The van der Waals surface area contributed by atoms with Gasteiger partial charge in [0.25, 0.3) is 0 Å². The van der Waals surface area contributed by atoms with E-state index >= 15 is 0 Å². The standard InChI is InChI=1S/C44H40N2.C5H12/c1-43(2,3)31-21-23-37-35-17-7-9-19-39(35)45(41(37)27-31)33-15-11-13-29(25-33)30-14-12-16-34(26-30)46-40-20-10-8-18-36(40)38-24-22-32(28-42(38)46)44(4,5)6;1-5(2,3)4/h7-28H,1-6H3;1-4H3. The molecule has 2 heteroatoms. The van der Waals surface area contributed by atoms with Crippen LogP contribution in [0.5, 0.6) is 0 Å². The molecule has 0 bridgehead atoms. The zero-order chi connectivity index (χ0) is 36.3. The molecule has 8 aromatic rings. The molecule has 6 aromatic carbocycles. The average Bonchev–Trinajstić information content (AvgIpc) is 3.59. The van der Waals surface area contributed by atoms with Crippen LogP contribution in [0.3, 0.4) is 0 Å². The summed E-state index contributed by atoms with van der Waals surface area (Å²) in [4.78, 5) is 0. The van der Waals surface area contributed by atoms with Crippen molar-refractivity contribution in [2.24, 2.45) is 5.41 Å². The Morgan fingerprint density at radius 2 is 0.686 bits per heavy atom. The summed E-state index contributed by atoms with van der Waals surface area (Å²) in [6, 6.07) is 49.6. The van der Waals surface area contributed by atoms with Gasteiger partial charge in [-0.3, -0.25) is 0 Å². The van der Waals surface area contributed by atoms with Gasteiger partial charge in [-0.25, -0.2) is 0 Å². The first-order valence-corrected chi connectivity index (χ1v) is 18.4. The van der Waals surface area contributed by atoms with Gasteiger partial charge in [-0.15, -0.1) is 0 Å². The van der Waals surface area contributed by atoms with Crippen molar-refractivity contribution in [3.8, 4) is 22.5 Å². The summed E-state index contributed by atoms with van der Waals surface area (Å²) in [7, 11) is 0. The Kier molecular flexibility index (Phi) is 8.49. The van der Waals surface area contributed by atoms with E-state index in [0.29, 0.717) is 5.41 Å². The summed E-state index contributed by atoms with van der Waals surface area (Å²) in [5, 5.41) is 5.15. The van der Waals surface area contributed by atoms with Crippen LogP contribution in [-0.4, -0.2) is 9.13 Å². The number of rotatable bonds is 3. The normalized spacial score (nSPS) is 12.5. The summed E-state index contributed by atoms with van der Waals surface area (Å²) in [5.41, 5.74) is 13.0. The highest BCUT2D eigenvalue weighted by molar-refractivity contribution is 6.10. The molecule has 0 fully saturated rings. The van der Waals surface area contributed by atoms with Gasteiger partial charge in [-0.1, -0.05) is 154 Å². The maximum Gasteiger partial charge on any atom is 0.0544 e. The van der Waals surface area contributed by atoms with Crippen LogP contribution >= 0.6 is 0 Å². The Hall–Kier alpha value is -5.08. The minimum absolute atomic E-state index is 0.0677. The van der Waals surface area contributed by atoms with Crippen molar-refractivity contribution in [1.29, 1.82) is 0 Å². The molecule has 0 atom stereocenters. The Morgan fingerprint density at radius 1 is 0.333 bits per heavy atom. The highest BCUT2D eigenvalue weighted by Crippen LogP contribution is 2.38. The lowest BCUT2D eigenvalue weighted by molar-refractivity contribution is 0.469. The molecule has 0 aliphatic carbocycles. The third kappa shape index (κ3) is 6.73. The van der Waals surface area contributed by atoms with Gasteiger partial charge in [0.15, 0.2) is 0 Å². The van der Waals surface area contributed by atoms with E-state index in [2.05, 4.69) is 212 Å². The molecule has 0 radical (unpaired) electrons. The fourth-order valence-corrected chi connectivity index (χ4v) is 7.08. The van der Waals surface area contributed by atoms with Crippen LogP contribution in [0.1, 0.15) is 80.4 Å². The molecular weight excluding hydrogens is 617 g/mol. The van der Waals surface area contributed by atoms with E-state index in [4.69, 9.17) is 0 Å². The molecule has 8 rings (SSSR count). The average molecular weight is 669 g/mol. The van der Waals surface area contributed by atoms with Gasteiger partial charge in [-0.05, 0) is 87.0 Å². The van der Waals surface area contributed by atoms with Crippen molar-refractivity contribution >= 4 is 43.6 Å². The molecule has 2 aromatic heterocycles. The molecule has 0 amide bonds. The van der Waals surface area contributed by atoms with Gasteiger partial charge in [0.05, 0.1) is 22.1 Å². The van der Waals surface area contributed by atoms with E-state index in [9.17, 15) is 0 Å². The van der Waals surface area contributed by atoms with Crippen molar-refractivity contribution in [3.05, 3.63) is 145 Å². The van der Waals surface area contributed by atoms with E-state index in [0.717, 1.165) is 0 Å². The zero-order valence-corrected chi connectivity index (χ0v) is 32.1. The number of hydrogen-bond acceptors (Lipinski definition) is 0. The maximum atomic E-state index is 2.44. The Balaban J connectivity index is 0.000000761. The highest BCUT2D eigenvalue weighted by Gasteiger charge is 2.20. The van der Waals surface area contributed by atoms with E-state index in [1.807, 2.05) is 0 Å². The van der Waals surface area contributed by atoms with E-state index in [1.165, 1.54) is 77.2 Å². The first-order valence-electron chi connectivity index (χ1n) is 18.4. The van der Waals surface area contributed by atoms with Crippen LogP contribution in [0.2, 0.25) is 0 Å². The van der Waals surface area contributed by atoms with Crippen LogP contribution < -0.4 is 0 Å². The van der Waals surface area contributed by atoms with E-state index in [-0.39, 0.29) is 10.8 Å². The van der Waals surface area contributed by atoms with Crippen molar-refractivity contribution < 1.29 is 0 Å². The molecule has 0 unspecified atom stereocenters. The maximum absolute atomic E-state index is 2.44. The zero-order valence-electron chi connectivity index (χ0n) is 32.1. The Bertz CT molecular complexity index is 2350. The second kappa shape index (κ2) is 12.6. The number of aromatic nitrogens is 2. The number of fused-ring (bicyclic) bond motifs is 6. The number of nitrogens with zero attached hydrogens (tertiary/aromatic N) is 2. The van der Waals surface area contributed by atoms with E-state index < -0.39 is 0 Å². The molecule has 2 nitrogen and oxygen atoms in total. The molecule has 0 spiro atoms. The molecule has 0 saturated carbocycles. The minimum Gasteiger partial charge on any atom is -0.309 e. The fourth-order valence-electron chi connectivity index (χ4n) is 7.08. The lowest BCUT2D eigenvalue weighted by Crippen LogP contribution is -2.10. The van der Waals surface area contributed by atoms with Crippen LogP contribution in [0, 0.1) is 5.41 Å². The monoisotopic (exact) mass is 668 g/mol. The highest BCUT2D eigenvalue weighted by atomic mass is 15.0. The molecule has 258 valence electrons.